The van der Waals surface area contributed by atoms with Gasteiger partial charge in [0.15, 0.2) is 0 Å². The van der Waals surface area contributed by atoms with E-state index in [1.54, 1.807) is 6.07 Å². The molecule has 1 aromatic heterocycles. The highest BCUT2D eigenvalue weighted by atomic mass is 35.5. The molecule has 0 spiro atoms. The molecule has 2 aromatic carbocycles. The Kier molecular flexibility index (Phi) is 9.67. The highest BCUT2D eigenvalue weighted by Gasteiger charge is 2.14. The number of hydrogen-bond donors (Lipinski definition) is 1. The van der Waals surface area contributed by atoms with Gasteiger partial charge in [-0.05, 0) is 35.2 Å². The van der Waals surface area contributed by atoms with E-state index >= 15 is 0 Å². The zero-order chi connectivity index (χ0) is 22.0. The fraction of sp³-hybridized carbons (Fsp3) is 0.261. The summed E-state index contributed by atoms with van der Waals surface area (Å²) in [6.07, 6.45) is 3.72. The lowest BCUT2D eigenvalue weighted by Gasteiger charge is -2.18. The summed E-state index contributed by atoms with van der Waals surface area (Å²) in [5.74, 6) is 0. The molecule has 1 N–H and O–H groups in total. The van der Waals surface area contributed by atoms with Gasteiger partial charge in [-0.2, -0.15) is 5.26 Å². The molecule has 3 rings (SSSR count). The smallest absolute Gasteiger partial charge is 0.290 e. The normalized spacial score (nSPS) is 10.1. The number of fused-ring (bicyclic) bond motifs is 1. The average Bonchev–Trinajstić information content (AvgIpc) is 2.68. The number of benzene rings is 2. The third kappa shape index (κ3) is 7.08. The lowest BCUT2D eigenvalue weighted by Crippen LogP contribution is -2.06. The summed E-state index contributed by atoms with van der Waals surface area (Å²) in [5.41, 5.74) is 2.47. The van der Waals surface area contributed by atoms with E-state index < -0.39 is 0 Å². The summed E-state index contributed by atoms with van der Waals surface area (Å²) in [7, 11) is 0. The van der Waals surface area contributed by atoms with Gasteiger partial charge in [0, 0.05) is 33.0 Å². The van der Waals surface area contributed by atoms with Gasteiger partial charge in [-0.15, -0.1) is 11.8 Å². The fourth-order valence-electron chi connectivity index (χ4n) is 2.56. The van der Waals surface area contributed by atoms with Gasteiger partial charge in [-0.3, -0.25) is 9.78 Å². The summed E-state index contributed by atoms with van der Waals surface area (Å²) >= 11 is 8.04. The highest BCUT2D eigenvalue weighted by Crippen LogP contribution is 2.36. The highest BCUT2D eigenvalue weighted by molar-refractivity contribution is 8.00. The molecule has 0 amide bonds. The Labute approximate surface area is 181 Å². The molecule has 4 nitrogen and oxygen atoms in total. The molecular weight excluding hydrogens is 404 g/mol. The maximum atomic E-state index is 9.05. The standard InChI is InChI=1S/C20H17ClN2S.C2H6.CH2O2/c1-20(2,3)24-16-7-6-15-11-23-12-18(17(15)9-16)13-4-5-14(10-22)19(21)8-13;1-2;2-1-3/h4-9,11-12H,1-3H3;1-2H3;1H,(H,2,3). The number of nitrogens with zero attached hydrogens (tertiary/aromatic N) is 2. The molecule has 0 bridgehead atoms. The molecule has 6 heteroatoms. The van der Waals surface area contributed by atoms with E-state index in [9.17, 15) is 0 Å². The van der Waals surface area contributed by atoms with Crippen LogP contribution in [0.2, 0.25) is 5.02 Å². The molecule has 29 heavy (non-hydrogen) atoms. The second-order valence-electron chi connectivity index (χ2n) is 6.70. The van der Waals surface area contributed by atoms with E-state index in [2.05, 4.69) is 50.0 Å². The van der Waals surface area contributed by atoms with Crippen molar-refractivity contribution >= 4 is 40.6 Å². The number of hydrogen-bond acceptors (Lipinski definition) is 4. The van der Waals surface area contributed by atoms with Crippen molar-refractivity contribution in [3.05, 3.63) is 59.4 Å². The molecule has 152 valence electrons. The van der Waals surface area contributed by atoms with Crippen LogP contribution in [0.25, 0.3) is 21.9 Å². The Balaban J connectivity index is 0.000000771. The molecule has 0 fully saturated rings. The molecule has 0 saturated carbocycles. The van der Waals surface area contributed by atoms with Crippen LogP contribution in [-0.2, 0) is 4.79 Å². The van der Waals surface area contributed by atoms with Gasteiger partial charge < -0.3 is 5.11 Å². The summed E-state index contributed by atoms with van der Waals surface area (Å²) in [6.45, 7) is 10.4. The van der Waals surface area contributed by atoms with Crippen molar-refractivity contribution in [1.82, 2.24) is 4.98 Å². The molecule has 0 aliphatic carbocycles. The first-order valence-corrected chi connectivity index (χ1v) is 10.3. The van der Waals surface area contributed by atoms with Crippen molar-refractivity contribution in [2.24, 2.45) is 0 Å². The number of aromatic nitrogens is 1. The first-order chi connectivity index (χ1) is 13.8. The van der Waals surface area contributed by atoms with E-state index in [4.69, 9.17) is 26.8 Å². The van der Waals surface area contributed by atoms with Gasteiger partial charge in [0.05, 0.1) is 10.6 Å². The minimum Gasteiger partial charge on any atom is -0.483 e. The summed E-state index contributed by atoms with van der Waals surface area (Å²) in [4.78, 5) is 13.9. The quantitative estimate of drug-likeness (QED) is 0.349. The number of nitriles is 1. The number of carbonyl (C=O) groups is 1. The van der Waals surface area contributed by atoms with Gasteiger partial charge in [-0.25, -0.2) is 0 Å². The maximum absolute atomic E-state index is 9.05. The van der Waals surface area contributed by atoms with Crippen LogP contribution in [-0.4, -0.2) is 21.3 Å². The van der Waals surface area contributed by atoms with Crippen molar-refractivity contribution in [2.45, 2.75) is 44.3 Å². The molecule has 0 radical (unpaired) electrons. The van der Waals surface area contributed by atoms with Crippen LogP contribution in [0.5, 0.6) is 0 Å². The van der Waals surface area contributed by atoms with Crippen LogP contribution in [0.15, 0.2) is 53.7 Å². The molecule has 0 aliphatic heterocycles. The number of rotatable bonds is 2. The van der Waals surface area contributed by atoms with Gasteiger partial charge in [-0.1, -0.05) is 58.4 Å². The van der Waals surface area contributed by atoms with Crippen LogP contribution in [0, 0.1) is 11.3 Å². The minimum atomic E-state index is -0.250. The molecule has 0 aliphatic rings. The zero-order valence-electron chi connectivity index (χ0n) is 17.2. The largest absolute Gasteiger partial charge is 0.483 e. The van der Waals surface area contributed by atoms with Crippen molar-refractivity contribution in [3.8, 4) is 17.2 Å². The number of halogens is 1. The second kappa shape index (κ2) is 11.5. The number of carboxylic acid groups (broad SMARTS) is 1. The van der Waals surface area contributed by atoms with Gasteiger partial charge in [0.2, 0.25) is 0 Å². The Morgan fingerprint density at radius 3 is 2.34 bits per heavy atom. The first kappa shape index (κ1) is 24.5. The van der Waals surface area contributed by atoms with E-state index in [-0.39, 0.29) is 11.2 Å². The van der Waals surface area contributed by atoms with Crippen molar-refractivity contribution < 1.29 is 9.90 Å². The summed E-state index contributed by atoms with van der Waals surface area (Å²) < 4.78 is 0.151. The minimum absolute atomic E-state index is 0.151. The van der Waals surface area contributed by atoms with Gasteiger partial charge in [0.25, 0.3) is 6.47 Å². The molecule has 0 saturated heterocycles. The molecule has 3 aromatic rings. The van der Waals surface area contributed by atoms with Gasteiger partial charge in [0.1, 0.15) is 6.07 Å². The monoisotopic (exact) mass is 428 g/mol. The third-order valence-corrected chi connectivity index (χ3v) is 4.97. The van der Waals surface area contributed by atoms with Gasteiger partial charge >= 0.3 is 0 Å². The number of pyridine rings is 1. The summed E-state index contributed by atoms with van der Waals surface area (Å²) in [6, 6.07) is 14.0. The van der Waals surface area contributed by atoms with Crippen LogP contribution in [0.4, 0.5) is 0 Å². The van der Waals surface area contributed by atoms with E-state index in [0.717, 1.165) is 21.9 Å². The SMILES string of the molecule is CC.CC(C)(C)Sc1ccc2cncc(-c3ccc(C#N)c(Cl)c3)c2c1.O=CO. The van der Waals surface area contributed by atoms with Crippen molar-refractivity contribution in [2.75, 3.05) is 0 Å². The first-order valence-electron chi connectivity index (χ1n) is 9.13. The van der Waals surface area contributed by atoms with Crippen LogP contribution >= 0.6 is 23.4 Å². The van der Waals surface area contributed by atoms with E-state index in [1.807, 2.05) is 50.1 Å². The molecule has 0 unspecified atom stereocenters. The van der Waals surface area contributed by atoms with E-state index in [1.165, 1.54) is 4.90 Å². The second-order valence-corrected chi connectivity index (χ2v) is 9.00. The van der Waals surface area contributed by atoms with Crippen LogP contribution in [0.3, 0.4) is 0 Å². The predicted octanol–water partition coefficient (Wildman–Crippen LogP) is 7.04. The Morgan fingerprint density at radius 2 is 1.79 bits per heavy atom. The van der Waals surface area contributed by atoms with Crippen molar-refractivity contribution in [3.63, 3.8) is 0 Å². The zero-order valence-corrected chi connectivity index (χ0v) is 18.8. The Morgan fingerprint density at radius 1 is 1.14 bits per heavy atom. The van der Waals surface area contributed by atoms with Crippen molar-refractivity contribution in [1.29, 1.82) is 5.26 Å². The maximum Gasteiger partial charge on any atom is 0.290 e. The summed E-state index contributed by atoms with van der Waals surface area (Å²) in [5, 5.41) is 18.6. The van der Waals surface area contributed by atoms with E-state index in [0.29, 0.717) is 10.6 Å². The molecule has 0 atom stereocenters. The predicted molar refractivity (Wildman–Crippen MR) is 123 cm³/mol. The number of thioether (sulfide) groups is 1. The fourth-order valence-corrected chi connectivity index (χ4v) is 3.81. The average molecular weight is 429 g/mol. The third-order valence-electron chi connectivity index (χ3n) is 3.56. The Hall–Kier alpha value is -2.55. The van der Waals surface area contributed by atoms with Crippen LogP contribution in [0.1, 0.15) is 40.2 Å². The molecule has 1 heterocycles. The topological polar surface area (TPSA) is 74.0 Å². The Bertz CT molecular complexity index is 1010. The lowest BCUT2D eigenvalue weighted by molar-refractivity contribution is -0.122. The molecular formula is C23H25ClN2O2S. The van der Waals surface area contributed by atoms with Crippen LogP contribution < -0.4 is 0 Å². The lowest BCUT2D eigenvalue weighted by atomic mass is 10.00.